The first-order chi connectivity index (χ1) is 4.15. The minimum absolute atomic E-state index is 0.0417. The zero-order chi connectivity index (χ0) is 6.91. The van der Waals surface area contributed by atoms with Crippen molar-refractivity contribution >= 4 is 17.7 Å². The van der Waals surface area contributed by atoms with Gasteiger partial charge in [-0.2, -0.15) is 0 Å². The third-order valence-corrected chi connectivity index (χ3v) is 2.33. The molecule has 1 N–H and O–H groups in total. The number of thiol groups is 1. The molecule has 0 unspecified atom stereocenters. The Balaban J connectivity index is 2.61. The molecule has 1 fully saturated rings. The lowest BCUT2D eigenvalue weighted by Crippen LogP contribution is -2.41. The summed E-state index contributed by atoms with van der Waals surface area (Å²) in [6.07, 6.45) is 2.01. The van der Waals surface area contributed by atoms with E-state index in [1.54, 1.807) is 0 Å². The minimum Gasteiger partial charge on any atom is -0.304 e. The molecule has 0 aromatic carbocycles. The summed E-state index contributed by atoms with van der Waals surface area (Å²) in [7, 11) is 0. The maximum Gasteiger partial charge on any atom is 0.205 e. The summed E-state index contributed by atoms with van der Waals surface area (Å²) in [6.45, 7) is 2.85. The quantitative estimate of drug-likeness (QED) is 0.529. The molecule has 9 heavy (non-hydrogen) atoms. The first-order valence-electron chi connectivity index (χ1n) is 3.13. The van der Waals surface area contributed by atoms with Crippen LogP contribution in [0.2, 0.25) is 0 Å². The van der Waals surface area contributed by atoms with Gasteiger partial charge >= 0.3 is 0 Å². The van der Waals surface area contributed by atoms with Crippen molar-refractivity contribution in [2.75, 3.05) is 6.54 Å². The SMILES string of the molecule is C[C@@]1(C(=O)S)CCCN1. The summed E-state index contributed by atoms with van der Waals surface area (Å²) in [5.74, 6) is 0. The van der Waals surface area contributed by atoms with Crippen molar-refractivity contribution in [3.8, 4) is 0 Å². The molecule has 0 bridgehead atoms. The summed E-state index contributed by atoms with van der Waals surface area (Å²) in [5, 5.41) is 3.06. The standard InChI is InChI=1S/C6H11NOS/c1-6(5(8)9)3-2-4-7-6/h7H,2-4H2,1H3,(H,8,9)/t6-/m0/s1. The van der Waals surface area contributed by atoms with Crippen LogP contribution in [-0.2, 0) is 4.79 Å². The van der Waals surface area contributed by atoms with E-state index < -0.39 is 0 Å². The highest BCUT2D eigenvalue weighted by Gasteiger charge is 2.33. The van der Waals surface area contributed by atoms with Crippen molar-refractivity contribution in [3.05, 3.63) is 0 Å². The lowest BCUT2D eigenvalue weighted by molar-refractivity contribution is -0.115. The maximum absolute atomic E-state index is 10.8. The lowest BCUT2D eigenvalue weighted by atomic mass is 10.0. The van der Waals surface area contributed by atoms with E-state index in [0.29, 0.717) is 0 Å². The largest absolute Gasteiger partial charge is 0.304 e. The molecule has 0 aromatic heterocycles. The van der Waals surface area contributed by atoms with Crippen LogP contribution in [0, 0.1) is 0 Å². The molecule has 0 amide bonds. The third-order valence-electron chi connectivity index (χ3n) is 1.84. The molecule has 0 aliphatic carbocycles. The van der Waals surface area contributed by atoms with Crippen LogP contribution in [0.5, 0.6) is 0 Å². The van der Waals surface area contributed by atoms with Gasteiger partial charge in [0.05, 0.1) is 5.54 Å². The summed E-state index contributed by atoms with van der Waals surface area (Å²) in [6, 6.07) is 0. The number of hydrogen-bond donors (Lipinski definition) is 2. The number of carbonyl (C=O) groups is 1. The Morgan fingerprint density at radius 2 is 2.44 bits per heavy atom. The van der Waals surface area contributed by atoms with Gasteiger partial charge in [0, 0.05) is 0 Å². The molecule has 1 aliphatic heterocycles. The molecule has 1 atom stereocenters. The van der Waals surface area contributed by atoms with E-state index in [4.69, 9.17) is 0 Å². The third kappa shape index (κ3) is 1.27. The molecular weight excluding hydrogens is 134 g/mol. The first-order valence-corrected chi connectivity index (χ1v) is 3.58. The fourth-order valence-corrected chi connectivity index (χ4v) is 1.27. The predicted octanol–water partition coefficient (Wildman–Crippen LogP) is 0.585. The van der Waals surface area contributed by atoms with Crippen LogP contribution in [0.3, 0.4) is 0 Å². The average Bonchev–Trinajstić information content (AvgIpc) is 2.16. The van der Waals surface area contributed by atoms with E-state index in [0.717, 1.165) is 19.4 Å². The second kappa shape index (κ2) is 2.31. The minimum atomic E-state index is -0.330. The summed E-state index contributed by atoms with van der Waals surface area (Å²) >= 11 is 3.78. The van der Waals surface area contributed by atoms with Crippen molar-refractivity contribution < 1.29 is 4.79 Å². The van der Waals surface area contributed by atoms with Gasteiger partial charge in [-0.1, -0.05) is 0 Å². The summed E-state index contributed by atoms with van der Waals surface area (Å²) in [4.78, 5) is 10.8. The second-order valence-corrected chi connectivity index (χ2v) is 3.07. The Labute approximate surface area is 60.4 Å². The van der Waals surface area contributed by atoms with E-state index in [2.05, 4.69) is 17.9 Å². The van der Waals surface area contributed by atoms with E-state index >= 15 is 0 Å². The van der Waals surface area contributed by atoms with Gasteiger partial charge in [0.15, 0.2) is 0 Å². The van der Waals surface area contributed by atoms with Gasteiger partial charge in [-0.25, -0.2) is 0 Å². The van der Waals surface area contributed by atoms with Crippen molar-refractivity contribution in [1.29, 1.82) is 0 Å². The highest BCUT2D eigenvalue weighted by Crippen LogP contribution is 2.20. The maximum atomic E-state index is 10.8. The molecule has 0 radical (unpaired) electrons. The monoisotopic (exact) mass is 145 g/mol. The Hall–Kier alpha value is -0.0200. The van der Waals surface area contributed by atoms with Crippen LogP contribution < -0.4 is 5.32 Å². The lowest BCUT2D eigenvalue weighted by Gasteiger charge is -2.18. The van der Waals surface area contributed by atoms with Gasteiger partial charge in [0.2, 0.25) is 5.12 Å². The van der Waals surface area contributed by atoms with E-state index in [1.165, 1.54) is 0 Å². The Bertz CT molecular complexity index is 129. The molecular formula is C6H11NOS. The molecule has 3 heteroatoms. The van der Waals surface area contributed by atoms with E-state index in [9.17, 15) is 4.79 Å². The van der Waals surface area contributed by atoms with E-state index in [1.807, 2.05) is 6.92 Å². The van der Waals surface area contributed by atoms with Gasteiger partial charge in [-0.05, 0) is 26.3 Å². The Morgan fingerprint density at radius 1 is 1.78 bits per heavy atom. The fourth-order valence-electron chi connectivity index (χ4n) is 1.08. The molecule has 1 rings (SSSR count). The second-order valence-electron chi connectivity index (χ2n) is 2.67. The van der Waals surface area contributed by atoms with Gasteiger partial charge in [0.25, 0.3) is 0 Å². The topological polar surface area (TPSA) is 29.1 Å². The molecule has 1 heterocycles. The Kier molecular flexibility index (Phi) is 1.82. The van der Waals surface area contributed by atoms with Crippen LogP contribution in [0.4, 0.5) is 0 Å². The van der Waals surface area contributed by atoms with E-state index in [-0.39, 0.29) is 10.7 Å². The van der Waals surface area contributed by atoms with Gasteiger partial charge in [-0.3, -0.25) is 4.79 Å². The Morgan fingerprint density at radius 3 is 2.67 bits per heavy atom. The van der Waals surface area contributed by atoms with Crippen molar-refractivity contribution in [2.24, 2.45) is 0 Å². The van der Waals surface area contributed by atoms with Gasteiger partial charge < -0.3 is 5.32 Å². The zero-order valence-corrected chi connectivity index (χ0v) is 6.37. The predicted molar refractivity (Wildman–Crippen MR) is 39.6 cm³/mol. The van der Waals surface area contributed by atoms with Crippen molar-refractivity contribution in [1.82, 2.24) is 5.32 Å². The fraction of sp³-hybridized carbons (Fsp3) is 0.833. The molecule has 1 saturated heterocycles. The van der Waals surface area contributed by atoms with Crippen LogP contribution in [0.15, 0.2) is 0 Å². The van der Waals surface area contributed by atoms with Crippen LogP contribution >= 0.6 is 12.6 Å². The molecule has 0 saturated carbocycles. The normalized spacial score (nSPS) is 34.9. The van der Waals surface area contributed by atoms with Crippen LogP contribution in [0.25, 0.3) is 0 Å². The molecule has 2 nitrogen and oxygen atoms in total. The molecule has 52 valence electrons. The number of hydrogen-bond acceptors (Lipinski definition) is 2. The van der Waals surface area contributed by atoms with Gasteiger partial charge in [0.1, 0.15) is 0 Å². The molecule has 1 aliphatic rings. The van der Waals surface area contributed by atoms with Crippen LogP contribution in [-0.4, -0.2) is 17.2 Å². The highest BCUT2D eigenvalue weighted by atomic mass is 32.1. The summed E-state index contributed by atoms with van der Waals surface area (Å²) in [5.41, 5.74) is -0.330. The van der Waals surface area contributed by atoms with Gasteiger partial charge in [-0.15, -0.1) is 12.6 Å². The van der Waals surface area contributed by atoms with Crippen LogP contribution in [0.1, 0.15) is 19.8 Å². The first kappa shape index (κ1) is 7.09. The number of nitrogens with one attached hydrogen (secondary N) is 1. The van der Waals surface area contributed by atoms with Crippen molar-refractivity contribution in [2.45, 2.75) is 25.3 Å². The number of carbonyl (C=O) groups excluding carboxylic acids is 1. The zero-order valence-electron chi connectivity index (χ0n) is 5.48. The van der Waals surface area contributed by atoms with Crippen molar-refractivity contribution in [3.63, 3.8) is 0 Å². The number of rotatable bonds is 1. The highest BCUT2D eigenvalue weighted by molar-refractivity contribution is 7.96. The molecule has 0 aromatic rings. The average molecular weight is 145 g/mol. The molecule has 0 spiro atoms. The smallest absolute Gasteiger partial charge is 0.205 e. The summed E-state index contributed by atoms with van der Waals surface area (Å²) < 4.78 is 0.